The minimum Gasteiger partial charge on any atom is -0.491 e. The molecule has 0 spiro atoms. The minimum absolute atomic E-state index is 0.113. The molecule has 0 bridgehead atoms. The maximum Gasteiger partial charge on any atom is 0.328 e. The number of nitrogens with one attached hydrogen (secondary N) is 2. The topological polar surface area (TPSA) is 151 Å². The summed E-state index contributed by atoms with van der Waals surface area (Å²) in [4.78, 5) is 36.6. The molecule has 1 aromatic carbocycles. The number of carboxylic acids is 1. The number of rotatable bonds is 10. The number of aliphatic hydroxyl groups excluding tert-OH is 1. The van der Waals surface area contributed by atoms with E-state index in [2.05, 4.69) is 10.6 Å². The molecule has 0 aliphatic carbocycles. The van der Waals surface area contributed by atoms with Crippen LogP contribution in [0.1, 0.15) is 38.1 Å². The van der Waals surface area contributed by atoms with E-state index in [-0.39, 0.29) is 29.9 Å². The molecule has 0 aliphatic heterocycles. The number of carboxylic acid groups (broad SMARTS) is 1. The highest BCUT2D eigenvalue weighted by atomic mass is 35.5. The second-order valence-electron chi connectivity index (χ2n) is 7.19. The lowest BCUT2D eigenvalue weighted by Crippen LogP contribution is -2.56. The lowest BCUT2D eigenvalue weighted by atomic mass is 10.0. The van der Waals surface area contributed by atoms with Crippen molar-refractivity contribution >= 4 is 29.4 Å². The van der Waals surface area contributed by atoms with Gasteiger partial charge in [0.05, 0.1) is 11.7 Å². The smallest absolute Gasteiger partial charge is 0.328 e. The lowest BCUT2D eigenvalue weighted by molar-refractivity contribution is -0.145. The zero-order valence-corrected chi connectivity index (χ0v) is 17.6. The number of hydrogen-bond acceptors (Lipinski definition) is 6. The Morgan fingerprint density at radius 1 is 1.14 bits per heavy atom. The Balaban J connectivity index is 3.05. The van der Waals surface area contributed by atoms with Crippen molar-refractivity contribution in [3.8, 4) is 5.75 Å². The van der Waals surface area contributed by atoms with Crippen LogP contribution in [0, 0.1) is 5.92 Å². The molecule has 1 rings (SSSR count). The van der Waals surface area contributed by atoms with E-state index >= 15 is 0 Å². The van der Waals surface area contributed by atoms with Crippen molar-refractivity contribution < 1.29 is 29.3 Å². The second kappa shape index (κ2) is 11.0. The summed E-state index contributed by atoms with van der Waals surface area (Å²) in [6.45, 7) is 6.54. The van der Waals surface area contributed by atoms with Crippen LogP contribution < -0.4 is 21.1 Å². The van der Waals surface area contributed by atoms with E-state index in [1.54, 1.807) is 26.8 Å². The van der Waals surface area contributed by atoms with Gasteiger partial charge in [-0.1, -0.05) is 25.4 Å². The Kier molecular flexibility index (Phi) is 9.35. The molecule has 10 heteroatoms. The predicted molar refractivity (Wildman–Crippen MR) is 108 cm³/mol. The molecule has 0 unspecified atom stereocenters. The minimum atomic E-state index is -1.50. The molecule has 0 fully saturated rings. The SMILES string of the molecule is CC(C)[C@H](NC(=O)c1cc(Cl)ccc1OC[C@H](C)N)C(=O)N[C@H](C(=O)O)[C@@H](C)O. The Labute approximate surface area is 174 Å². The maximum absolute atomic E-state index is 12.8. The molecule has 1 aromatic rings. The Hall–Kier alpha value is -2.36. The number of aliphatic hydroxyl groups is 1. The molecule has 0 saturated carbocycles. The van der Waals surface area contributed by atoms with Gasteiger partial charge in [-0.05, 0) is 38.0 Å². The zero-order chi connectivity index (χ0) is 22.3. The van der Waals surface area contributed by atoms with Crippen LogP contribution in [0.25, 0.3) is 0 Å². The summed E-state index contributed by atoms with van der Waals surface area (Å²) in [7, 11) is 0. The third-order valence-electron chi connectivity index (χ3n) is 3.97. The van der Waals surface area contributed by atoms with Gasteiger partial charge >= 0.3 is 5.97 Å². The van der Waals surface area contributed by atoms with Crippen molar-refractivity contribution in [2.45, 2.75) is 51.9 Å². The van der Waals surface area contributed by atoms with Crippen molar-refractivity contribution in [2.75, 3.05) is 6.61 Å². The molecule has 9 nitrogen and oxygen atoms in total. The van der Waals surface area contributed by atoms with Crippen LogP contribution in [0.2, 0.25) is 5.02 Å². The second-order valence-corrected chi connectivity index (χ2v) is 7.63. The van der Waals surface area contributed by atoms with Gasteiger partial charge in [0.15, 0.2) is 6.04 Å². The molecule has 0 aromatic heterocycles. The Bertz CT molecular complexity index is 739. The van der Waals surface area contributed by atoms with Gasteiger partial charge in [-0.3, -0.25) is 9.59 Å². The molecule has 4 atom stereocenters. The molecular weight excluding hydrogens is 402 g/mol. The average molecular weight is 430 g/mol. The summed E-state index contributed by atoms with van der Waals surface area (Å²) in [5.41, 5.74) is 5.79. The van der Waals surface area contributed by atoms with Gasteiger partial charge in [0.1, 0.15) is 18.4 Å². The van der Waals surface area contributed by atoms with Crippen LogP contribution in [0.5, 0.6) is 5.75 Å². The summed E-state index contributed by atoms with van der Waals surface area (Å²) >= 11 is 5.99. The summed E-state index contributed by atoms with van der Waals surface area (Å²) in [6.07, 6.45) is -1.31. The van der Waals surface area contributed by atoms with Crippen molar-refractivity contribution in [3.63, 3.8) is 0 Å². The van der Waals surface area contributed by atoms with E-state index in [0.717, 1.165) is 0 Å². The van der Waals surface area contributed by atoms with Crippen molar-refractivity contribution in [1.82, 2.24) is 10.6 Å². The summed E-state index contributed by atoms with van der Waals surface area (Å²) in [6, 6.07) is 1.67. The van der Waals surface area contributed by atoms with Gasteiger partial charge in [0, 0.05) is 11.1 Å². The fourth-order valence-corrected chi connectivity index (χ4v) is 2.58. The summed E-state index contributed by atoms with van der Waals surface area (Å²) < 4.78 is 5.55. The van der Waals surface area contributed by atoms with Crippen molar-refractivity contribution in [1.29, 1.82) is 0 Å². The van der Waals surface area contributed by atoms with Crippen molar-refractivity contribution in [2.24, 2.45) is 11.7 Å². The molecule has 6 N–H and O–H groups in total. The maximum atomic E-state index is 12.8. The van der Waals surface area contributed by atoms with E-state index in [9.17, 15) is 19.5 Å². The first-order valence-corrected chi connectivity index (χ1v) is 9.51. The van der Waals surface area contributed by atoms with Gasteiger partial charge in [0.25, 0.3) is 5.91 Å². The first kappa shape index (κ1) is 24.7. The quantitative estimate of drug-likeness (QED) is 0.368. The van der Waals surface area contributed by atoms with E-state index in [4.69, 9.17) is 27.2 Å². The highest BCUT2D eigenvalue weighted by Crippen LogP contribution is 2.23. The summed E-state index contributed by atoms with van der Waals surface area (Å²) in [5, 5.41) is 23.8. The van der Waals surface area contributed by atoms with Crippen LogP contribution in [-0.2, 0) is 9.59 Å². The van der Waals surface area contributed by atoms with E-state index < -0.39 is 36.0 Å². The first-order chi connectivity index (χ1) is 13.4. The third-order valence-corrected chi connectivity index (χ3v) is 4.21. The lowest BCUT2D eigenvalue weighted by Gasteiger charge is -2.25. The molecule has 0 heterocycles. The molecule has 0 radical (unpaired) electrons. The van der Waals surface area contributed by atoms with Gasteiger partial charge < -0.3 is 31.3 Å². The fraction of sp³-hybridized carbons (Fsp3) is 0.526. The number of amides is 2. The molecule has 0 aliphatic rings. The Morgan fingerprint density at radius 3 is 2.24 bits per heavy atom. The molecular formula is C19H28ClN3O6. The highest BCUT2D eigenvalue weighted by Gasteiger charge is 2.31. The van der Waals surface area contributed by atoms with Gasteiger partial charge in [-0.15, -0.1) is 0 Å². The number of aliphatic carboxylic acids is 1. The van der Waals surface area contributed by atoms with E-state index in [0.29, 0.717) is 5.02 Å². The van der Waals surface area contributed by atoms with Crippen LogP contribution >= 0.6 is 11.6 Å². The monoisotopic (exact) mass is 429 g/mol. The van der Waals surface area contributed by atoms with Crippen molar-refractivity contribution in [3.05, 3.63) is 28.8 Å². The Morgan fingerprint density at radius 2 is 1.76 bits per heavy atom. The van der Waals surface area contributed by atoms with Gasteiger partial charge in [-0.25, -0.2) is 4.79 Å². The van der Waals surface area contributed by atoms with Crippen LogP contribution in [0.3, 0.4) is 0 Å². The average Bonchev–Trinajstić information content (AvgIpc) is 2.61. The van der Waals surface area contributed by atoms with E-state index in [1.165, 1.54) is 19.1 Å². The molecule has 0 saturated heterocycles. The molecule has 2 amide bonds. The standard InChI is InChI=1S/C19H28ClN3O6/c1-9(2)15(18(26)23-16(11(4)24)19(27)28)22-17(25)13-7-12(20)5-6-14(13)29-8-10(3)21/h5-7,9-11,15-16,24H,8,21H2,1-4H3,(H,22,25)(H,23,26)(H,27,28)/t10-,11+,15-,16-/m0/s1. The van der Waals surface area contributed by atoms with Crippen LogP contribution in [0.15, 0.2) is 18.2 Å². The number of nitrogens with two attached hydrogens (primary N) is 1. The van der Waals surface area contributed by atoms with Crippen LogP contribution in [0.4, 0.5) is 0 Å². The van der Waals surface area contributed by atoms with Gasteiger partial charge in [-0.2, -0.15) is 0 Å². The number of hydrogen-bond donors (Lipinski definition) is 5. The fourth-order valence-electron chi connectivity index (χ4n) is 2.41. The van der Waals surface area contributed by atoms with E-state index in [1.807, 2.05) is 0 Å². The zero-order valence-electron chi connectivity index (χ0n) is 16.8. The largest absolute Gasteiger partial charge is 0.491 e. The predicted octanol–water partition coefficient (Wildman–Crippen LogP) is 0.771. The number of carbonyl (C=O) groups excluding carboxylic acids is 2. The number of halogens is 1. The first-order valence-electron chi connectivity index (χ1n) is 9.14. The number of carbonyl (C=O) groups is 3. The highest BCUT2D eigenvalue weighted by molar-refractivity contribution is 6.31. The summed E-state index contributed by atoms with van der Waals surface area (Å²) in [5.74, 6) is -2.86. The normalized spacial score (nSPS) is 15.2. The third kappa shape index (κ3) is 7.52. The number of benzene rings is 1. The number of ether oxygens (including phenoxy) is 1. The van der Waals surface area contributed by atoms with Crippen LogP contribution in [-0.4, -0.2) is 58.8 Å². The molecule has 162 valence electrons. The van der Waals surface area contributed by atoms with Gasteiger partial charge in [0.2, 0.25) is 5.91 Å². The molecule has 29 heavy (non-hydrogen) atoms.